The molecule has 0 amide bonds. The minimum atomic E-state index is -0.358. The second kappa shape index (κ2) is 20.5. The summed E-state index contributed by atoms with van der Waals surface area (Å²) in [6, 6.07) is 0. The Hall–Kier alpha value is -0.780. The van der Waals surface area contributed by atoms with Gasteiger partial charge in [-0.3, -0.25) is 9.59 Å². The molecule has 0 fully saturated rings. The lowest BCUT2D eigenvalue weighted by molar-refractivity contribution is -0.119. The standard InChI is InChI=1S/C24H47NO4/c1-3-5-7-9-11-21(26)13-15-23(28)17-19-25-20-18-24(29)16-14-22(27)12-10-8-6-4-2/h21-22,25-27H,3-20H2,1-2H3. The number of carbonyl (C=O) groups is 2. The fraction of sp³-hybridized carbons (Fsp3) is 0.917. The Morgan fingerprint density at radius 3 is 1.41 bits per heavy atom. The van der Waals surface area contributed by atoms with Crippen LogP contribution in [0.2, 0.25) is 0 Å². The van der Waals surface area contributed by atoms with Crippen molar-refractivity contribution in [1.82, 2.24) is 5.32 Å². The van der Waals surface area contributed by atoms with Gasteiger partial charge in [-0.1, -0.05) is 65.2 Å². The number of nitrogens with one attached hydrogen (secondary N) is 1. The summed E-state index contributed by atoms with van der Waals surface area (Å²) in [6.45, 7) is 5.50. The van der Waals surface area contributed by atoms with Crippen LogP contribution in [0.4, 0.5) is 0 Å². The van der Waals surface area contributed by atoms with Gasteiger partial charge >= 0.3 is 0 Å². The van der Waals surface area contributed by atoms with Gasteiger partial charge < -0.3 is 15.5 Å². The fourth-order valence-electron chi connectivity index (χ4n) is 3.39. The molecular weight excluding hydrogens is 366 g/mol. The van der Waals surface area contributed by atoms with Crippen LogP contribution in [0.1, 0.15) is 117 Å². The van der Waals surface area contributed by atoms with Crippen LogP contribution >= 0.6 is 0 Å². The summed E-state index contributed by atoms with van der Waals surface area (Å²) >= 11 is 0. The number of rotatable bonds is 22. The Morgan fingerprint density at radius 1 is 0.621 bits per heavy atom. The van der Waals surface area contributed by atoms with E-state index in [1.165, 1.54) is 25.7 Å². The molecule has 0 bridgehead atoms. The minimum absolute atomic E-state index is 0.169. The van der Waals surface area contributed by atoms with Gasteiger partial charge in [0.15, 0.2) is 0 Å². The highest BCUT2D eigenvalue weighted by atomic mass is 16.3. The molecule has 5 heteroatoms. The van der Waals surface area contributed by atoms with E-state index in [2.05, 4.69) is 19.2 Å². The van der Waals surface area contributed by atoms with Crippen LogP contribution in [-0.4, -0.2) is 47.1 Å². The van der Waals surface area contributed by atoms with Crippen LogP contribution in [0.5, 0.6) is 0 Å². The Morgan fingerprint density at radius 2 is 1.03 bits per heavy atom. The number of hydrogen-bond acceptors (Lipinski definition) is 5. The van der Waals surface area contributed by atoms with Crippen molar-refractivity contribution in [3.63, 3.8) is 0 Å². The zero-order chi connectivity index (χ0) is 21.7. The lowest BCUT2D eigenvalue weighted by Crippen LogP contribution is -2.22. The van der Waals surface area contributed by atoms with Gasteiger partial charge in [-0.05, 0) is 25.7 Å². The van der Waals surface area contributed by atoms with Crippen molar-refractivity contribution in [1.29, 1.82) is 0 Å². The molecule has 0 aromatic carbocycles. The number of carbonyl (C=O) groups excluding carboxylic acids is 2. The largest absolute Gasteiger partial charge is 0.393 e. The monoisotopic (exact) mass is 413 g/mol. The van der Waals surface area contributed by atoms with Crippen LogP contribution in [0.25, 0.3) is 0 Å². The summed E-state index contributed by atoms with van der Waals surface area (Å²) in [4.78, 5) is 23.8. The van der Waals surface area contributed by atoms with Crippen molar-refractivity contribution in [2.24, 2.45) is 0 Å². The molecule has 0 aliphatic heterocycles. The summed E-state index contributed by atoms with van der Waals surface area (Å²) in [5.74, 6) is 0.338. The average molecular weight is 414 g/mol. The van der Waals surface area contributed by atoms with Gasteiger partial charge in [0.05, 0.1) is 12.2 Å². The normalized spacial score (nSPS) is 13.4. The number of unbranched alkanes of at least 4 members (excludes halogenated alkanes) is 6. The van der Waals surface area contributed by atoms with Gasteiger partial charge in [0.2, 0.25) is 0 Å². The van der Waals surface area contributed by atoms with E-state index in [9.17, 15) is 19.8 Å². The molecule has 0 aliphatic carbocycles. The van der Waals surface area contributed by atoms with Crippen molar-refractivity contribution < 1.29 is 19.8 Å². The molecule has 0 aliphatic rings. The topological polar surface area (TPSA) is 86.6 Å². The summed E-state index contributed by atoms with van der Waals surface area (Å²) in [5, 5.41) is 23.0. The zero-order valence-corrected chi connectivity index (χ0v) is 19.1. The molecule has 29 heavy (non-hydrogen) atoms. The fourth-order valence-corrected chi connectivity index (χ4v) is 3.39. The van der Waals surface area contributed by atoms with Gasteiger partial charge in [0, 0.05) is 38.8 Å². The molecule has 0 saturated heterocycles. The predicted octanol–water partition coefficient (Wildman–Crippen LogP) is 4.72. The van der Waals surface area contributed by atoms with Crippen LogP contribution < -0.4 is 5.32 Å². The molecule has 0 spiro atoms. The molecule has 0 radical (unpaired) electrons. The third-order valence-electron chi connectivity index (χ3n) is 5.46. The van der Waals surface area contributed by atoms with Crippen molar-refractivity contribution in [3.8, 4) is 0 Å². The maximum Gasteiger partial charge on any atom is 0.134 e. The van der Waals surface area contributed by atoms with Crippen molar-refractivity contribution in [2.45, 2.75) is 129 Å². The average Bonchev–Trinajstić information content (AvgIpc) is 2.71. The molecule has 0 saturated carbocycles. The third-order valence-corrected chi connectivity index (χ3v) is 5.46. The van der Waals surface area contributed by atoms with Gasteiger partial charge in [-0.25, -0.2) is 0 Å². The van der Waals surface area contributed by atoms with E-state index >= 15 is 0 Å². The SMILES string of the molecule is CCCCCCC(O)CCC(=O)CCNCCC(=O)CCC(O)CCCCCC. The number of ketones is 2. The summed E-state index contributed by atoms with van der Waals surface area (Å²) in [6.07, 6.45) is 12.9. The van der Waals surface area contributed by atoms with E-state index in [0.717, 1.165) is 38.5 Å². The smallest absolute Gasteiger partial charge is 0.134 e. The first-order valence-corrected chi connectivity index (χ1v) is 12.1. The third kappa shape index (κ3) is 20.3. The van der Waals surface area contributed by atoms with Crippen molar-refractivity contribution >= 4 is 11.6 Å². The Kier molecular flexibility index (Phi) is 19.9. The highest BCUT2D eigenvalue weighted by molar-refractivity contribution is 5.79. The quantitative estimate of drug-likeness (QED) is 0.224. The molecule has 2 atom stereocenters. The molecule has 0 aromatic heterocycles. The first-order chi connectivity index (χ1) is 14.0. The molecule has 172 valence electrons. The van der Waals surface area contributed by atoms with Crippen molar-refractivity contribution in [3.05, 3.63) is 0 Å². The Balaban J connectivity index is 3.53. The zero-order valence-electron chi connectivity index (χ0n) is 19.1. The molecule has 0 rings (SSSR count). The van der Waals surface area contributed by atoms with E-state index in [0.29, 0.717) is 51.6 Å². The Labute approximate surface area is 179 Å². The van der Waals surface area contributed by atoms with Gasteiger partial charge in [0.1, 0.15) is 11.6 Å². The minimum Gasteiger partial charge on any atom is -0.393 e. The highest BCUT2D eigenvalue weighted by Gasteiger charge is 2.10. The van der Waals surface area contributed by atoms with E-state index < -0.39 is 0 Å². The van der Waals surface area contributed by atoms with E-state index in [1.54, 1.807) is 0 Å². The molecular formula is C24H47NO4. The van der Waals surface area contributed by atoms with E-state index in [-0.39, 0.29) is 23.8 Å². The van der Waals surface area contributed by atoms with E-state index in [1.807, 2.05) is 0 Å². The van der Waals surface area contributed by atoms with Crippen LogP contribution in [0, 0.1) is 0 Å². The molecule has 0 heterocycles. The van der Waals surface area contributed by atoms with Crippen LogP contribution in [0.3, 0.4) is 0 Å². The summed E-state index contributed by atoms with van der Waals surface area (Å²) in [5.41, 5.74) is 0. The highest BCUT2D eigenvalue weighted by Crippen LogP contribution is 2.11. The maximum atomic E-state index is 11.9. The number of hydrogen-bond donors (Lipinski definition) is 3. The molecule has 3 N–H and O–H groups in total. The predicted molar refractivity (Wildman–Crippen MR) is 120 cm³/mol. The van der Waals surface area contributed by atoms with Crippen molar-refractivity contribution in [2.75, 3.05) is 13.1 Å². The number of Topliss-reactive ketones (excluding diaryl/α,β-unsaturated/α-hetero) is 2. The summed E-state index contributed by atoms with van der Waals surface area (Å²) in [7, 11) is 0. The van der Waals surface area contributed by atoms with Crippen LogP contribution in [0.15, 0.2) is 0 Å². The second-order valence-corrected chi connectivity index (χ2v) is 8.41. The summed E-state index contributed by atoms with van der Waals surface area (Å²) < 4.78 is 0. The van der Waals surface area contributed by atoms with Gasteiger partial charge in [-0.15, -0.1) is 0 Å². The molecule has 0 aromatic rings. The first-order valence-electron chi connectivity index (χ1n) is 12.1. The molecule has 2 unspecified atom stereocenters. The second-order valence-electron chi connectivity index (χ2n) is 8.41. The molecule has 5 nitrogen and oxygen atoms in total. The van der Waals surface area contributed by atoms with Crippen LogP contribution in [-0.2, 0) is 9.59 Å². The first kappa shape index (κ1) is 28.2. The maximum absolute atomic E-state index is 11.9. The lowest BCUT2D eigenvalue weighted by Gasteiger charge is -2.10. The Bertz CT molecular complexity index is 364. The number of aliphatic hydroxyl groups excluding tert-OH is 2. The number of aliphatic hydroxyl groups is 2. The van der Waals surface area contributed by atoms with E-state index in [4.69, 9.17) is 0 Å². The lowest BCUT2D eigenvalue weighted by atomic mass is 10.0. The van der Waals surface area contributed by atoms with Gasteiger partial charge in [0.25, 0.3) is 0 Å². The van der Waals surface area contributed by atoms with Gasteiger partial charge in [-0.2, -0.15) is 0 Å².